The lowest BCUT2D eigenvalue weighted by atomic mass is 10.2. The number of benzene rings is 1. The Morgan fingerprint density at radius 2 is 2.00 bits per heavy atom. The number of anilines is 1. The predicted octanol–water partition coefficient (Wildman–Crippen LogP) is 3.39. The van der Waals surface area contributed by atoms with Crippen molar-refractivity contribution in [3.05, 3.63) is 34.3 Å². The summed E-state index contributed by atoms with van der Waals surface area (Å²) in [6.07, 6.45) is 0.780. The van der Waals surface area contributed by atoms with Gasteiger partial charge in [0.2, 0.25) is 0 Å². The zero-order chi connectivity index (χ0) is 19.8. The third-order valence-electron chi connectivity index (χ3n) is 3.70. The van der Waals surface area contributed by atoms with Crippen LogP contribution in [0.2, 0.25) is 0 Å². The average Bonchev–Trinajstić information content (AvgIpc) is 3.15. The molecule has 0 saturated heterocycles. The molecule has 0 unspecified atom stereocenters. The van der Waals surface area contributed by atoms with Crippen molar-refractivity contribution in [1.29, 1.82) is 0 Å². The second-order valence-corrected chi connectivity index (χ2v) is 6.48. The number of hydrogen-bond acceptors (Lipinski definition) is 7. The highest BCUT2D eigenvalue weighted by Gasteiger charge is 2.18. The fraction of sp³-hybridized carbons (Fsp3) is 0.389. The van der Waals surface area contributed by atoms with Crippen molar-refractivity contribution in [2.45, 2.75) is 19.9 Å². The minimum Gasteiger partial charge on any atom is -0.497 e. The first-order valence-corrected chi connectivity index (χ1v) is 9.21. The van der Waals surface area contributed by atoms with Gasteiger partial charge in [-0.2, -0.15) is 0 Å². The molecular weight excluding hydrogens is 370 g/mol. The van der Waals surface area contributed by atoms with Gasteiger partial charge < -0.3 is 24.4 Å². The summed E-state index contributed by atoms with van der Waals surface area (Å²) in [5.41, 5.74) is 0.782. The summed E-state index contributed by atoms with van der Waals surface area (Å²) in [7, 11) is 4.39. The highest BCUT2D eigenvalue weighted by molar-refractivity contribution is 7.09. The lowest BCUT2D eigenvalue weighted by molar-refractivity contribution is 0.0594. The number of nitrogens with zero attached hydrogens (tertiary/aromatic N) is 2. The Hall–Kier alpha value is -2.81. The van der Waals surface area contributed by atoms with E-state index in [1.165, 1.54) is 25.6 Å². The molecule has 0 fully saturated rings. The first kappa shape index (κ1) is 20.5. The maximum atomic E-state index is 12.7. The van der Waals surface area contributed by atoms with Crippen LogP contribution < -0.4 is 14.8 Å². The number of methoxy groups -OCH3 is 3. The van der Waals surface area contributed by atoms with E-state index in [9.17, 15) is 9.59 Å². The molecule has 2 aromatic rings. The molecule has 0 aliphatic carbocycles. The van der Waals surface area contributed by atoms with E-state index in [1.807, 2.05) is 6.92 Å². The van der Waals surface area contributed by atoms with Crippen LogP contribution >= 0.6 is 11.3 Å². The molecule has 2 rings (SSSR count). The maximum absolute atomic E-state index is 12.7. The largest absolute Gasteiger partial charge is 0.497 e. The summed E-state index contributed by atoms with van der Waals surface area (Å²) in [5.74, 6) is 0.640. The maximum Gasteiger partial charge on any atom is 0.357 e. The Kier molecular flexibility index (Phi) is 7.42. The van der Waals surface area contributed by atoms with Crippen molar-refractivity contribution in [3.8, 4) is 11.5 Å². The number of ether oxygens (including phenoxy) is 3. The van der Waals surface area contributed by atoms with E-state index in [2.05, 4.69) is 15.0 Å². The van der Waals surface area contributed by atoms with E-state index in [1.54, 1.807) is 35.6 Å². The Balaban J connectivity index is 2.13. The molecule has 0 bridgehead atoms. The van der Waals surface area contributed by atoms with Gasteiger partial charge in [-0.15, -0.1) is 11.3 Å². The molecule has 9 heteroatoms. The van der Waals surface area contributed by atoms with Crippen molar-refractivity contribution < 1.29 is 23.8 Å². The molecule has 1 aromatic carbocycles. The first-order chi connectivity index (χ1) is 13.0. The summed E-state index contributed by atoms with van der Waals surface area (Å²) < 4.78 is 15.1. The zero-order valence-corrected chi connectivity index (χ0v) is 16.6. The molecule has 2 amide bonds. The van der Waals surface area contributed by atoms with E-state index >= 15 is 0 Å². The number of urea groups is 1. The van der Waals surface area contributed by atoms with Gasteiger partial charge in [0.25, 0.3) is 0 Å². The van der Waals surface area contributed by atoms with Crippen LogP contribution in [0.15, 0.2) is 23.6 Å². The molecular formula is C18H23N3O5S. The Morgan fingerprint density at radius 1 is 1.22 bits per heavy atom. The Morgan fingerprint density at radius 3 is 2.63 bits per heavy atom. The summed E-state index contributed by atoms with van der Waals surface area (Å²) >= 11 is 1.31. The third kappa shape index (κ3) is 5.33. The fourth-order valence-electron chi connectivity index (χ4n) is 2.36. The number of amides is 2. The van der Waals surface area contributed by atoms with Crippen molar-refractivity contribution in [2.75, 3.05) is 33.2 Å². The number of thiazole rings is 1. The number of carbonyl (C=O) groups excluding carboxylic acids is 2. The summed E-state index contributed by atoms with van der Waals surface area (Å²) in [6.45, 7) is 2.81. The molecule has 0 atom stereocenters. The van der Waals surface area contributed by atoms with Crippen LogP contribution in [0.3, 0.4) is 0 Å². The van der Waals surface area contributed by atoms with Crippen LogP contribution in [-0.2, 0) is 11.3 Å². The van der Waals surface area contributed by atoms with Gasteiger partial charge in [-0.1, -0.05) is 6.92 Å². The molecule has 8 nitrogen and oxygen atoms in total. The number of carbonyl (C=O) groups is 2. The molecule has 1 heterocycles. The lowest BCUT2D eigenvalue weighted by Crippen LogP contribution is -2.35. The number of aromatic nitrogens is 1. The van der Waals surface area contributed by atoms with Gasteiger partial charge in [-0.3, -0.25) is 0 Å². The minimum atomic E-state index is -0.494. The van der Waals surface area contributed by atoms with Crippen molar-refractivity contribution in [2.24, 2.45) is 0 Å². The van der Waals surface area contributed by atoms with Gasteiger partial charge >= 0.3 is 12.0 Å². The molecule has 146 valence electrons. The number of hydrogen-bond donors (Lipinski definition) is 1. The summed E-state index contributed by atoms with van der Waals surface area (Å²) in [5, 5.41) is 5.12. The first-order valence-electron chi connectivity index (χ1n) is 8.33. The average molecular weight is 393 g/mol. The van der Waals surface area contributed by atoms with Crippen LogP contribution in [0, 0.1) is 0 Å². The molecule has 0 saturated carbocycles. The van der Waals surface area contributed by atoms with E-state index in [4.69, 9.17) is 9.47 Å². The van der Waals surface area contributed by atoms with Gasteiger partial charge in [0.05, 0.1) is 33.6 Å². The highest BCUT2D eigenvalue weighted by Crippen LogP contribution is 2.29. The second kappa shape index (κ2) is 9.77. The highest BCUT2D eigenvalue weighted by atomic mass is 32.1. The normalized spacial score (nSPS) is 10.2. The minimum absolute atomic E-state index is 0.242. The van der Waals surface area contributed by atoms with E-state index in [0.717, 1.165) is 6.42 Å². The number of nitrogens with one attached hydrogen (secondary N) is 1. The Labute approximate surface area is 162 Å². The number of rotatable bonds is 8. The molecule has 1 N–H and O–H groups in total. The van der Waals surface area contributed by atoms with Gasteiger partial charge in [0, 0.05) is 18.0 Å². The molecule has 1 aromatic heterocycles. The summed E-state index contributed by atoms with van der Waals surface area (Å²) in [6, 6.07) is 4.88. The van der Waals surface area contributed by atoms with Gasteiger partial charge in [0.1, 0.15) is 16.5 Å². The molecule has 0 aliphatic heterocycles. The monoisotopic (exact) mass is 393 g/mol. The zero-order valence-electron chi connectivity index (χ0n) is 15.8. The smallest absolute Gasteiger partial charge is 0.357 e. The van der Waals surface area contributed by atoms with Crippen LogP contribution in [0.5, 0.6) is 11.5 Å². The van der Waals surface area contributed by atoms with Crippen LogP contribution in [0.1, 0.15) is 28.8 Å². The van der Waals surface area contributed by atoms with Gasteiger partial charge in [-0.25, -0.2) is 14.6 Å². The van der Waals surface area contributed by atoms with E-state index < -0.39 is 5.97 Å². The molecule has 0 radical (unpaired) electrons. The summed E-state index contributed by atoms with van der Waals surface area (Å²) in [4.78, 5) is 30.1. The van der Waals surface area contributed by atoms with Crippen LogP contribution in [0.4, 0.5) is 10.5 Å². The quantitative estimate of drug-likeness (QED) is 0.692. The molecule has 27 heavy (non-hydrogen) atoms. The SMILES string of the molecule is CCCN(Cc1nc(C(=O)OC)cs1)C(=O)Nc1ccc(OC)cc1OC. The van der Waals surface area contributed by atoms with Crippen molar-refractivity contribution in [3.63, 3.8) is 0 Å². The fourth-order valence-corrected chi connectivity index (χ4v) is 3.14. The number of esters is 1. The van der Waals surface area contributed by atoms with E-state index in [0.29, 0.717) is 35.3 Å². The van der Waals surface area contributed by atoms with Gasteiger partial charge in [-0.05, 0) is 18.6 Å². The molecule has 0 aliphatic rings. The standard InChI is InChI=1S/C18H23N3O5S/c1-5-8-21(10-16-19-14(11-27-16)17(22)26-4)18(23)20-13-7-6-12(24-2)9-15(13)25-3/h6-7,9,11H,5,8,10H2,1-4H3,(H,20,23). The second-order valence-electron chi connectivity index (χ2n) is 5.54. The lowest BCUT2D eigenvalue weighted by Gasteiger charge is -2.22. The van der Waals surface area contributed by atoms with Crippen LogP contribution in [0.25, 0.3) is 0 Å². The third-order valence-corrected chi connectivity index (χ3v) is 4.54. The predicted molar refractivity (Wildman–Crippen MR) is 103 cm³/mol. The topological polar surface area (TPSA) is 90.0 Å². The van der Waals surface area contributed by atoms with E-state index in [-0.39, 0.29) is 11.7 Å². The molecule has 0 spiro atoms. The van der Waals surface area contributed by atoms with Crippen LogP contribution in [-0.4, -0.2) is 49.8 Å². The van der Waals surface area contributed by atoms with Gasteiger partial charge in [0.15, 0.2) is 5.69 Å². The van der Waals surface area contributed by atoms with Crippen molar-refractivity contribution >= 4 is 29.0 Å². The van der Waals surface area contributed by atoms with Crippen molar-refractivity contribution in [1.82, 2.24) is 9.88 Å². The Bertz CT molecular complexity index is 793.